The number of carbonyl (C=O) groups excluding carboxylic acids is 1. The molecule has 0 bridgehead atoms. The molecule has 1 amide bonds. The lowest BCUT2D eigenvalue weighted by atomic mass is 10.1. The lowest BCUT2D eigenvalue weighted by Crippen LogP contribution is -2.12. The minimum absolute atomic E-state index is 0.212. The van der Waals surface area contributed by atoms with Crippen molar-refractivity contribution < 1.29 is 18.7 Å². The predicted octanol–water partition coefficient (Wildman–Crippen LogP) is 4.69. The molecule has 1 aromatic heterocycles. The zero-order chi connectivity index (χ0) is 17.4. The van der Waals surface area contributed by atoms with Gasteiger partial charge in [0.1, 0.15) is 5.82 Å². The molecule has 0 saturated heterocycles. The van der Waals surface area contributed by atoms with Crippen molar-refractivity contribution >= 4 is 38.3 Å². The maximum absolute atomic E-state index is 13.1. The molecule has 0 spiro atoms. The average molecular weight is 421 g/mol. The Kier molecular flexibility index (Phi) is 4.14. The third-order valence-corrected chi connectivity index (χ3v) is 4.98. The highest BCUT2D eigenvalue weighted by molar-refractivity contribution is 9.10. The molecule has 4 rings (SSSR count). The van der Waals surface area contributed by atoms with Crippen LogP contribution in [-0.4, -0.2) is 17.7 Å². The highest BCUT2D eigenvalue weighted by atomic mass is 79.9. The number of hydrogen-bond acceptors (Lipinski definition) is 5. The van der Waals surface area contributed by atoms with Crippen LogP contribution in [0.1, 0.15) is 10.4 Å². The Morgan fingerprint density at radius 1 is 1.20 bits per heavy atom. The predicted molar refractivity (Wildman–Crippen MR) is 95.7 cm³/mol. The Balaban J connectivity index is 1.54. The van der Waals surface area contributed by atoms with Gasteiger partial charge in [-0.2, -0.15) is 0 Å². The molecule has 0 atom stereocenters. The van der Waals surface area contributed by atoms with Crippen molar-refractivity contribution in [3.8, 4) is 22.8 Å². The van der Waals surface area contributed by atoms with Crippen molar-refractivity contribution in [1.29, 1.82) is 0 Å². The summed E-state index contributed by atoms with van der Waals surface area (Å²) in [5.74, 6) is 0.598. The SMILES string of the molecule is O=C(Nc1nc(-c2ccc3c(c2)OCO3)cs1)c1ccc(F)cc1Br. The number of rotatable bonds is 3. The zero-order valence-electron chi connectivity index (χ0n) is 12.6. The first-order chi connectivity index (χ1) is 12.1. The number of halogens is 2. The third-order valence-electron chi connectivity index (χ3n) is 3.57. The van der Waals surface area contributed by atoms with Crippen LogP contribution in [0.4, 0.5) is 9.52 Å². The molecule has 2 aromatic carbocycles. The number of thiazole rings is 1. The fourth-order valence-corrected chi connectivity index (χ4v) is 3.60. The number of fused-ring (bicyclic) bond motifs is 1. The van der Waals surface area contributed by atoms with Gasteiger partial charge in [0.05, 0.1) is 11.3 Å². The molecule has 126 valence electrons. The fourth-order valence-electron chi connectivity index (χ4n) is 2.36. The van der Waals surface area contributed by atoms with Crippen molar-refractivity contribution in [3.05, 3.63) is 57.6 Å². The molecule has 8 heteroatoms. The van der Waals surface area contributed by atoms with E-state index >= 15 is 0 Å². The van der Waals surface area contributed by atoms with E-state index in [9.17, 15) is 9.18 Å². The minimum Gasteiger partial charge on any atom is -0.454 e. The first-order valence-corrected chi connectivity index (χ1v) is 8.89. The molecule has 0 aliphatic carbocycles. The fraction of sp³-hybridized carbons (Fsp3) is 0.0588. The van der Waals surface area contributed by atoms with E-state index in [0.29, 0.717) is 26.7 Å². The number of ether oxygens (including phenoxy) is 2. The van der Waals surface area contributed by atoms with Gasteiger partial charge in [0, 0.05) is 15.4 Å². The number of amides is 1. The standard InChI is InChI=1S/C17H10BrFN2O3S/c18-12-6-10(19)2-3-11(12)16(22)21-17-20-13(7-25-17)9-1-4-14-15(5-9)24-8-23-14/h1-7H,8H2,(H,20,21,22). The Morgan fingerprint density at radius 3 is 2.88 bits per heavy atom. The molecule has 0 fully saturated rings. The summed E-state index contributed by atoms with van der Waals surface area (Å²) < 4.78 is 24.2. The summed E-state index contributed by atoms with van der Waals surface area (Å²) in [4.78, 5) is 16.7. The number of carbonyl (C=O) groups is 1. The lowest BCUT2D eigenvalue weighted by Gasteiger charge is -2.04. The molecule has 5 nitrogen and oxygen atoms in total. The van der Waals surface area contributed by atoms with Crippen LogP contribution in [0.3, 0.4) is 0 Å². The molecule has 1 N–H and O–H groups in total. The topological polar surface area (TPSA) is 60.5 Å². The summed E-state index contributed by atoms with van der Waals surface area (Å²) in [5.41, 5.74) is 1.92. The molecule has 0 saturated carbocycles. The van der Waals surface area contributed by atoms with Crippen LogP contribution in [0.2, 0.25) is 0 Å². The Morgan fingerprint density at radius 2 is 2.04 bits per heavy atom. The number of hydrogen-bond donors (Lipinski definition) is 1. The van der Waals surface area contributed by atoms with Gasteiger partial charge >= 0.3 is 0 Å². The van der Waals surface area contributed by atoms with E-state index in [2.05, 4.69) is 26.2 Å². The van der Waals surface area contributed by atoms with Gasteiger partial charge in [0.15, 0.2) is 16.6 Å². The molecular weight excluding hydrogens is 411 g/mol. The van der Waals surface area contributed by atoms with Crippen LogP contribution >= 0.6 is 27.3 Å². The van der Waals surface area contributed by atoms with E-state index in [4.69, 9.17) is 9.47 Å². The van der Waals surface area contributed by atoms with Gasteiger partial charge in [0.2, 0.25) is 6.79 Å². The molecular formula is C17H10BrFN2O3S. The molecule has 0 radical (unpaired) electrons. The van der Waals surface area contributed by atoms with Crippen LogP contribution in [-0.2, 0) is 0 Å². The van der Waals surface area contributed by atoms with Crippen LogP contribution < -0.4 is 14.8 Å². The van der Waals surface area contributed by atoms with Crippen molar-refractivity contribution in [2.24, 2.45) is 0 Å². The van der Waals surface area contributed by atoms with Crippen LogP contribution in [0.5, 0.6) is 11.5 Å². The summed E-state index contributed by atoms with van der Waals surface area (Å²) in [6.07, 6.45) is 0. The second-order valence-corrected chi connectivity index (χ2v) is 6.90. The van der Waals surface area contributed by atoms with Crippen molar-refractivity contribution in [1.82, 2.24) is 4.98 Å². The maximum atomic E-state index is 13.1. The quantitative estimate of drug-likeness (QED) is 0.667. The molecule has 3 aromatic rings. The van der Waals surface area contributed by atoms with E-state index in [0.717, 1.165) is 11.3 Å². The first kappa shape index (κ1) is 16.0. The molecule has 2 heterocycles. The summed E-state index contributed by atoms with van der Waals surface area (Å²) in [5, 5.41) is 5.01. The van der Waals surface area contributed by atoms with Gasteiger partial charge < -0.3 is 9.47 Å². The number of nitrogens with zero attached hydrogens (tertiary/aromatic N) is 1. The van der Waals surface area contributed by atoms with Gasteiger partial charge in [-0.05, 0) is 52.3 Å². The molecule has 0 unspecified atom stereocenters. The van der Waals surface area contributed by atoms with Gasteiger partial charge in [0.25, 0.3) is 5.91 Å². The molecule has 25 heavy (non-hydrogen) atoms. The van der Waals surface area contributed by atoms with E-state index in [1.807, 2.05) is 23.6 Å². The lowest BCUT2D eigenvalue weighted by molar-refractivity contribution is 0.102. The Hall–Kier alpha value is -2.45. The van der Waals surface area contributed by atoms with Gasteiger partial charge in [-0.3, -0.25) is 10.1 Å². The van der Waals surface area contributed by atoms with Crippen molar-refractivity contribution in [2.45, 2.75) is 0 Å². The minimum atomic E-state index is -0.414. The van der Waals surface area contributed by atoms with Crippen LogP contribution in [0, 0.1) is 5.82 Å². The molecule has 1 aliphatic heterocycles. The van der Waals surface area contributed by atoms with Gasteiger partial charge in [-0.15, -0.1) is 11.3 Å². The largest absolute Gasteiger partial charge is 0.454 e. The third kappa shape index (κ3) is 3.22. The Bertz CT molecular complexity index is 976. The summed E-state index contributed by atoms with van der Waals surface area (Å²) in [7, 11) is 0. The second kappa shape index (κ2) is 6.45. The highest BCUT2D eigenvalue weighted by Crippen LogP contribution is 2.36. The van der Waals surface area contributed by atoms with E-state index < -0.39 is 5.82 Å². The van der Waals surface area contributed by atoms with Crippen LogP contribution in [0.25, 0.3) is 11.3 Å². The number of aromatic nitrogens is 1. The first-order valence-electron chi connectivity index (χ1n) is 7.22. The average Bonchev–Trinajstić information content (AvgIpc) is 3.22. The summed E-state index contributed by atoms with van der Waals surface area (Å²) >= 11 is 4.49. The number of nitrogens with one attached hydrogen (secondary N) is 1. The molecule has 1 aliphatic rings. The highest BCUT2D eigenvalue weighted by Gasteiger charge is 2.16. The van der Waals surface area contributed by atoms with Crippen molar-refractivity contribution in [2.75, 3.05) is 12.1 Å². The van der Waals surface area contributed by atoms with Crippen molar-refractivity contribution in [3.63, 3.8) is 0 Å². The van der Waals surface area contributed by atoms with Gasteiger partial charge in [-0.1, -0.05) is 0 Å². The zero-order valence-corrected chi connectivity index (χ0v) is 15.0. The van der Waals surface area contributed by atoms with Gasteiger partial charge in [-0.25, -0.2) is 9.37 Å². The number of benzene rings is 2. The Labute approximate surface area is 154 Å². The summed E-state index contributed by atoms with van der Waals surface area (Å²) in [6, 6.07) is 9.45. The maximum Gasteiger partial charge on any atom is 0.258 e. The second-order valence-electron chi connectivity index (χ2n) is 5.18. The number of anilines is 1. The van der Waals surface area contributed by atoms with Crippen LogP contribution in [0.15, 0.2) is 46.3 Å². The van der Waals surface area contributed by atoms with E-state index in [1.54, 1.807) is 0 Å². The smallest absolute Gasteiger partial charge is 0.258 e. The summed E-state index contributed by atoms with van der Waals surface area (Å²) in [6.45, 7) is 0.212. The van der Waals surface area contributed by atoms with E-state index in [-0.39, 0.29) is 12.7 Å². The normalized spacial score (nSPS) is 12.2. The monoisotopic (exact) mass is 420 g/mol. The van der Waals surface area contributed by atoms with E-state index in [1.165, 1.54) is 29.5 Å².